The maximum atomic E-state index is 6.31. The van der Waals surface area contributed by atoms with Gasteiger partial charge >= 0.3 is 0 Å². The number of rotatable bonds is 2. The van der Waals surface area contributed by atoms with Crippen LogP contribution in [0.3, 0.4) is 0 Å². The Hall–Kier alpha value is -2.01. The van der Waals surface area contributed by atoms with E-state index in [-0.39, 0.29) is 12.3 Å². The van der Waals surface area contributed by atoms with Gasteiger partial charge in [0.1, 0.15) is 5.75 Å². The van der Waals surface area contributed by atoms with Crippen LogP contribution in [0.2, 0.25) is 10.0 Å². The van der Waals surface area contributed by atoms with Crippen LogP contribution in [0.15, 0.2) is 65.1 Å². The second kappa shape index (κ2) is 6.31. The topological polar surface area (TPSA) is 24.8 Å². The van der Waals surface area contributed by atoms with E-state index in [4.69, 9.17) is 33.0 Å². The van der Waals surface area contributed by atoms with Gasteiger partial charge < -0.3 is 4.74 Å². The first-order valence-electron chi connectivity index (χ1n) is 8.30. The molecule has 130 valence electrons. The van der Waals surface area contributed by atoms with Gasteiger partial charge in [-0.15, -0.1) is 11.3 Å². The molecule has 0 amide bonds. The van der Waals surface area contributed by atoms with Crippen LogP contribution in [0.1, 0.15) is 34.7 Å². The Kier molecular flexibility index (Phi) is 3.92. The second-order valence-corrected chi connectivity index (χ2v) is 8.15. The van der Waals surface area contributed by atoms with Crippen LogP contribution in [0.25, 0.3) is 0 Å². The molecule has 1 aromatic heterocycles. The molecule has 2 aliphatic heterocycles. The minimum Gasteiger partial charge on any atom is -0.464 e. The van der Waals surface area contributed by atoms with Gasteiger partial charge in [0.25, 0.3) is 0 Å². The maximum absolute atomic E-state index is 6.31. The molecule has 0 fully saturated rings. The van der Waals surface area contributed by atoms with Crippen molar-refractivity contribution in [2.24, 2.45) is 5.10 Å². The van der Waals surface area contributed by atoms with Gasteiger partial charge in [-0.1, -0.05) is 41.4 Å². The molecule has 0 saturated carbocycles. The highest BCUT2D eigenvalue weighted by atomic mass is 35.5. The summed E-state index contributed by atoms with van der Waals surface area (Å²) in [5.41, 5.74) is 3.14. The number of nitrogens with zero attached hydrogens (tertiary/aromatic N) is 2. The minimum atomic E-state index is -0.315. The molecule has 0 bridgehead atoms. The van der Waals surface area contributed by atoms with E-state index in [0.717, 1.165) is 29.0 Å². The average Bonchev–Trinajstić information content (AvgIpc) is 3.31. The monoisotopic (exact) mass is 400 g/mol. The third-order valence-corrected chi connectivity index (χ3v) is 6.08. The van der Waals surface area contributed by atoms with Gasteiger partial charge in [-0.25, -0.2) is 5.01 Å². The zero-order valence-corrected chi connectivity index (χ0v) is 15.9. The molecule has 0 saturated heterocycles. The summed E-state index contributed by atoms with van der Waals surface area (Å²) in [5, 5.41) is 10.4. The third-order valence-electron chi connectivity index (χ3n) is 4.69. The summed E-state index contributed by atoms with van der Waals surface area (Å²) in [7, 11) is 0. The Morgan fingerprint density at radius 2 is 1.92 bits per heavy atom. The minimum absolute atomic E-state index is 0.0959. The molecule has 0 spiro atoms. The van der Waals surface area contributed by atoms with Crippen LogP contribution < -0.4 is 4.74 Å². The van der Waals surface area contributed by atoms with Crippen molar-refractivity contribution in [3.05, 3.63) is 86.0 Å². The number of ether oxygens (including phenoxy) is 1. The number of thiophene rings is 1. The quantitative estimate of drug-likeness (QED) is 0.504. The van der Waals surface area contributed by atoms with Gasteiger partial charge in [-0.05, 0) is 41.8 Å². The van der Waals surface area contributed by atoms with Crippen molar-refractivity contribution in [3.8, 4) is 5.75 Å². The summed E-state index contributed by atoms with van der Waals surface area (Å²) in [6.07, 6.45) is 0.513. The average molecular weight is 401 g/mol. The highest BCUT2D eigenvalue weighted by Gasteiger charge is 2.41. The highest BCUT2D eigenvalue weighted by molar-refractivity contribution is 7.12. The van der Waals surface area contributed by atoms with E-state index < -0.39 is 0 Å². The van der Waals surface area contributed by atoms with E-state index in [2.05, 4.69) is 17.5 Å². The SMILES string of the molecule is Clc1cccc([C@@H]2Oc3ccc(Cl)cc3[C@@H]3CC(c4cccs4)=NN32)c1. The maximum Gasteiger partial charge on any atom is 0.213 e. The first-order valence-corrected chi connectivity index (χ1v) is 9.94. The first kappa shape index (κ1) is 16.2. The first-order chi connectivity index (χ1) is 12.7. The fourth-order valence-electron chi connectivity index (χ4n) is 3.53. The van der Waals surface area contributed by atoms with Crippen molar-refractivity contribution in [2.75, 3.05) is 0 Å². The van der Waals surface area contributed by atoms with Crippen LogP contribution in [0.4, 0.5) is 0 Å². The summed E-state index contributed by atoms with van der Waals surface area (Å²) >= 11 is 14.2. The molecule has 3 aromatic rings. The van der Waals surface area contributed by atoms with Gasteiger partial charge in [-0.3, -0.25) is 0 Å². The molecule has 6 heteroatoms. The van der Waals surface area contributed by atoms with E-state index in [9.17, 15) is 0 Å². The van der Waals surface area contributed by atoms with Crippen molar-refractivity contribution >= 4 is 40.3 Å². The normalized spacial score (nSPS) is 21.0. The molecule has 0 N–H and O–H groups in total. The van der Waals surface area contributed by atoms with Crippen molar-refractivity contribution in [2.45, 2.75) is 18.7 Å². The Bertz CT molecular complexity index is 1000. The second-order valence-electron chi connectivity index (χ2n) is 6.33. The van der Waals surface area contributed by atoms with Crippen LogP contribution in [0, 0.1) is 0 Å². The van der Waals surface area contributed by atoms with Gasteiger partial charge in [0.15, 0.2) is 0 Å². The Labute approximate surface area is 165 Å². The molecule has 3 nitrogen and oxygen atoms in total. The summed E-state index contributed by atoms with van der Waals surface area (Å²) in [4.78, 5) is 1.19. The molecule has 2 atom stereocenters. The van der Waals surface area contributed by atoms with E-state index in [1.54, 1.807) is 11.3 Å². The number of benzene rings is 2. The van der Waals surface area contributed by atoms with Crippen molar-refractivity contribution in [3.63, 3.8) is 0 Å². The van der Waals surface area contributed by atoms with E-state index in [1.807, 2.05) is 47.5 Å². The molecular formula is C20H14Cl2N2OS. The van der Waals surface area contributed by atoms with Crippen LogP contribution in [-0.4, -0.2) is 10.7 Å². The lowest BCUT2D eigenvalue weighted by Crippen LogP contribution is -2.33. The Balaban J connectivity index is 1.63. The van der Waals surface area contributed by atoms with Crippen molar-refractivity contribution in [1.82, 2.24) is 5.01 Å². The standard InChI is InChI=1S/C20H14Cl2N2OS/c21-13-4-1-3-12(9-13)20-24-17(11-16(23-24)19-5-2-8-26-19)15-10-14(22)6-7-18(15)25-20/h1-10,17,20H,11H2/t17-,20-/m0/s1. The van der Waals surface area contributed by atoms with Crippen LogP contribution >= 0.6 is 34.5 Å². The zero-order valence-electron chi connectivity index (χ0n) is 13.6. The van der Waals surface area contributed by atoms with Crippen molar-refractivity contribution in [1.29, 1.82) is 0 Å². The highest BCUT2D eigenvalue weighted by Crippen LogP contribution is 2.48. The van der Waals surface area contributed by atoms with Crippen LogP contribution in [-0.2, 0) is 0 Å². The number of hydrazone groups is 1. The fraction of sp³-hybridized carbons (Fsp3) is 0.150. The van der Waals surface area contributed by atoms with E-state index >= 15 is 0 Å². The molecule has 3 heterocycles. The number of fused-ring (bicyclic) bond motifs is 3. The molecule has 2 aromatic carbocycles. The molecule has 0 radical (unpaired) electrons. The summed E-state index contributed by atoms with van der Waals surface area (Å²) in [6, 6.07) is 17.8. The summed E-state index contributed by atoms with van der Waals surface area (Å²) in [6.45, 7) is 0. The van der Waals surface area contributed by atoms with Gasteiger partial charge in [0.2, 0.25) is 6.23 Å². The predicted octanol–water partition coefficient (Wildman–Crippen LogP) is 6.30. The van der Waals surface area contributed by atoms with E-state index in [1.165, 1.54) is 4.88 Å². The number of hydrogen-bond donors (Lipinski definition) is 0. The van der Waals surface area contributed by atoms with Gasteiger partial charge in [0, 0.05) is 27.6 Å². The molecule has 5 rings (SSSR count). The molecular weight excluding hydrogens is 387 g/mol. The molecule has 2 aliphatic rings. The predicted molar refractivity (Wildman–Crippen MR) is 106 cm³/mol. The smallest absolute Gasteiger partial charge is 0.213 e. The third kappa shape index (κ3) is 2.69. The van der Waals surface area contributed by atoms with E-state index in [0.29, 0.717) is 10.0 Å². The zero-order chi connectivity index (χ0) is 17.7. The molecule has 0 aliphatic carbocycles. The van der Waals surface area contributed by atoms with Crippen LogP contribution in [0.5, 0.6) is 5.75 Å². The summed E-state index contributed by atoms with van der Waals surface area (Å²) < 4.78 is 6.31. The lowest BCUT2D eigenvalue weighted by molar-refractivity contribution is -0.0190. The van der Waals surface area contributed by atoms with Crippen molar-refractivity contribution < 1.29 is 4.74 Å². The fourth-order valence-corrected chi connectivity index (χ4v) is 4.63. The molecule has 0 unspecified atom stereocenters. The van der Waals surface area contributed by atoms with Gasteiger partial charge in [-0.2, -0.15) is 5.10 Å². The summed E-state index contributed by atoms with van der Waals surface area (Å²) in [5.74, 6) is 0.850. The number of halogens is 2. The lowest BCUT2D eigenvalue weighted by atomic mass is 9.97. The Morgan fingerprint density at radius 3 is 2.73 bits per heavy atom. The Morgan fingerprint density at radius 1 is 1.04 bits per heavy atom. The largest absolute Gasteiger partial charge is 0.464 e. The van der Waals surface area contributed by atoms with Gasteiger partial charge in [0.05, 0.1) is 16.6 Å². The molecule has 26 heavy (non-hydrogen) atoms. The lowest BCUT2D eigenvalue weighted by Gasteiger charge is -2.38. The number of hydrogen-bond acceptors (Lipinski definition) is 4.